The van der Waals surface area contributed by atoms with Crippen LogP contribution in [0.2, 0.25) is 5.02 Å². The van der Waals surface area contributed by atoms with E-state index in [0.29, 0.717) is 18.0 Å². The Bertz CT molecular complexity index is 450. The van der Waals surface area contributed by atoms with Gasteiger partial charge in [-0.25, -0.2) is 0 Å². The Morgan fingerprint density at radius 2 is 2.00 bits per heavy atom. The highest BCUT2D eigenvalue weighted by atomic mass is 35.5. The highest BCUT2D eigenvalue weighted by molar-refractivity contribution is 6.31. The van der Waals surface area contributed by atoms with E-state index in [2.05, 4.69) is 36.9 Å². The Balaban J connectivity index is 2.11. The zero-order chi connectivity index (χ0) is 14.8. The molecule has 2 rings (SSSR count). The Labute approximate surface area is 128 Å². The number of hydrogen-bond donors (Lipinski definition) is 1. The van der Waals surface area contributed by atoms with E-state index in [1.165, 1.54) is 24.8 Å². The standard InChI is InChI=1S/C17H27ClN2/c1-4-17(3)7-9-20(10-8-17)16(12-19)14-6-5-13(2)15(18)11-14/h5-6,11,16H,4,7-10,12,19H2,1-3H3. The number of benzene rings is 1. The highest BCUT2D eigenvalue weighted by Gasteiger charge is 2.31. The van der Waals surface area contributed by atoms with Crippen LogP contribution in [0, 0.1) is 12.3 Å². The number of rotatable bonds is 4. The lowest BCUT2D eigenvalue weighted by molar-refractivity contribution is 0.0829. The van der Waals surface area contributed by atoms with Crippen molar-refractivity contribution in [3.05, 3.63) is 34.3 Å². The molecule has 0 aliphatic carbocycles. The lowest BCUT2D eigenvalue weighted by Gasteiger charge is -2.42. The van der Waals surface area contributed by atoms with Gasteiger partial charge in [0.15, 0.2) is 0 Å². The summed E-state index contributed by atoms with van der Waals surface area (Å²) in [6.45, 7) is 9.68. The van der Waals surface area contributed by atoms with Crippen LogP contribution in [0.1, 0.15) is 50.3 Å². The van der Waals surface area contributed by atoms with Gasteiger partial charge < -0.3 is 5.73 Å². The van der Waals surface area contributed by atoms with E-state index in [0.717, 1.165) is 23.7 Å². The SMILES string of the molecule is CCC1(C)CCN(C(CN)c2ccc(C)c(Cl)c2)CC1. The van der Waals surface area contributed by atoms with Gasteiger partial charge in [0.1, 0.15) is 0 Å². The van der Waals surface area contributed by atoms with Crippen LogP contribution in [-0.4, -0.2) is 24.5 Å². The molecule has 1 unspecified atom stereocenters. The topological polar surface area (TPSA) is 29.3 Å². The maximum atomic E-state index is 6.26. The molecule has 1 atom stereocenters. The molecule has 0 radical (unpaired) electrons. The van der Waals surface area contributed by atoms with Crippen LogP contribution < -0.4 is 5.73 Å². The Kier molecular flexibility index (Phi) is 5.11. The smallest absolute Gasteiger partial charge is 0.0470 e. The third-order valence-corrected chi connectivity index (χ3v) is 5.51. The van der Waals surface area contributed by atoms with Crippen LogP contribution >= 0.6 is 11.6 Å². The van der Waals surface area contributed by atoms with Gasteiger partial charge in [0.05, 0.1) is 0 Å². The molecule has 1 aliphatic rings. The van der Waals surface area contributed by atoms with Crippen molar-refractivity contribution >= 4 is 11.6 Å². The summed E-state index contributed by atoms with van der Waals surface area (Å²) in [6.07, 6.45) is 3.80. The van der Waals surface area contributed by atoms with E-state index in [9.17, 15) is 0 Å². The zero-order valence-electron chi connectivity index (χ0n) is 13.0. The molecule has 1 aromatic carbocycles. The van der Waals surface area contributed by atoms with Crippen molar-refractivity contribution < 1.29 is 0 Å². The highest BCUT2D eigenvalue weighted by Crippen LogP contribution is 2.37. The quantitative estimate of drug-likeness (QED) is 0.903. The molecule has 1 heterocycles. The van der Waals surface area contributed by atoms with Gasteiger partial charge >= 0.3 is 0 Å². The molecular formula is C17H27ClN2. The average molecular weight is 295 g/mol. The van der Waals surface area contributed by atoms with E-state index in [-0.39, 0.29) is 0 Å². The van der Waals surface area contributed by atoms with Crippen LogP contribution in [-0.2, 0) is 0 Å². The molecule has 1 saturated heterocycles. The van der Waals surface area contributed by atoms with Gasteiger partial charge in [0.25, 0.3) is 0 Å². The molecule has 3 heteroatoms. The van der Waals surface area contributed by atoms with Crippen molar-refractivity contribution in [2.75, 3.05) is 19.6 Å². The minimum atomic E-state index is 0.300. The van der Waals surface area contributed by atoms with Crippen LogP contribution in [0.4, 0.5) is 0 Å². The van der Waals surface area contributed by atoms with Crippen LogP contribution in [0.5, 0.6) is 0 Å². The van der Waals surface area contributed by atoms with Gasteiger partial charge in [0.2, 0.25) is 0 Å². The molecule has 112 valence electrons. The van der Waals surface area contributed by atoms with E-state index >= 15 is 0 Å². The second-order valence-electron chi connectivity index (χ2n) is 6.46. The second-order valence-corrected chi connectivity index (χ2v) is 6.87. The number of hydrogen-bond acceptors (Lipinski definition) is 2. The minimum absolute atomic E-state index is 0.300. The van der Waals surface area contributed by atoms with E-state index < -0.39 is 0 Å². The summed E-state index contributed by atoms with van der Waals surface area (Å²) in [5.41, 5.74) is 8.93. The molecule has 0 saturated carbocycles. The summed E-state index contributed by atoms with van der Waals surface area (Å²) in [7, 11) is 0. The first-order chi connectivity index (χ1) is 9.49. The summed E-state index contributed by atoms with van der Waals surface area (Å²) in [5.74, 6) is 0. The number of halogens is 1. The Hall–Kier alpha value is -0.570. The van der Waals surface area contributed by atoms with Gasteiger partial charge in [-0.05, 0) is 55.5 Å². The fourth-order valence-corrected chi connectivity index (χ4v) is 3.23. The van der Waals surface area contributed by atoms with Crippen molar-refractivity contribution in [1.82, 2.24) is 4.90 Å². The molecule has 2 nitrogen and oxygen atoms in total. The first kappa shape index (κ1) is 15.8. The largest absolute Gasteiger partial charge is 0.329 e. The molecule has 1 aliphatic heterocycles. The van der Waals surface area contributed by atoms with E-state index in [4.69, 9.17) is 17.3 Å². The zero-order valence-corrected chi connectivity index (χ0v) is 13.7. The lowest BCUT2D eigenvalue weighted by atomic mass is 9.78. The van der Waals surface area contributed by atoms with Gasteiger partial charge in [-0.1, -0.05) is 44.0 Å². The monoisotopic (exact) mass is 294 g/mol. The minimum Gasteiger partial charge on any atom is -0.329 e. The van der Waals surface area contributed by atoms with Gasteiger partial charge in [-0.3, -0.25) is 4.90 Å². The number of likely N-dealkylation sites (tertiary alicyclic amines) is 1. The van der Waals surface area contributed by atoms with Crippen LogP contribution in [0.15, 0.2) is 18.2 Å². The summed E-state index contributed by atoms with van der Waals surface area (Å²) in [6, 6.07) is 6.66. The predicted octanol–water partition coefficient (Wildman–Crippen LogP) is 4.16. The van der Waals surface area contributed by atoms with E-state index in [1.54, 1.807) is 0 Å². The molecule has 0 bridgehead atoms. The fraction of sp³-hybridized carbons (Fsp3) is 0.647. The Morgan fingerprint density at radius 1 is 1.35 bits per heavy atom. The summed E-state index contributed by atoms with van der Waals surface area (Å²) >= 11 is 6.26. The summed E-state index contributed by atoms with van der Waals surface area (Å²) in [4.78, 5) is 2.53. The number of piperidine rings is 1. The normalized spacial score (nSPS) is 20.9. The van der Waals surface area contributed by atoms with Gasteiger partial charge in [-0.15, -0.1) is 0 Å². The predicted molar refractivity (Wildman–Crippen MR) is 87.2 cm³/mol. The van der Waals surface area contributed by atoms with Crippen molar-refractivity contribution in [2.24, 2.45) is 11.1 Å². The number of nitrogens with zero attached hydrogens (tertiary/aromatic N) is 1. The average Bonchev–Trinajstić information content (AvgIpc) is 2.46. The second kappa shape index (κ2) is 6.46. The lowest BCUT2D eigenvalue weighted by Crippen LogP contribution is -2.42. The Morgan fingerprint density at radius 3 is 2.50 bits per heavy atom. The maximum Gasteiger partial charge on any atom is 0.0470 e. The number of aryl methyl sites for hydroxylation is 1. The molecule has 20 heavy (non-hydrogen) atoms. The van der Waals surface area contributed by atoms with Gasteiger partial charge in [0, 0.05) is 17.6 Å². The summed E-state index contributed by atoms with van der Waals surface area (Å²) < 4.78 is 0. The van der Waals surface area contributed by atoms with Crippen molar-refractivity contribution in [3.8, 4) is 0 Å². The third-order valence-electron chi connectivity index (χ3n) is 5.10. The molecule has 0 aromatic heterocycles. The van der Waals surface area contributed by atoms with Crippen molar-refractivity contribution in [1.29, 1.82) is 0 Å². The van der Waals surface area contributed by atoms with Crippen LogP contribution in [0.3, 0.4) is 0 Å². The van der Waals surface area contributed by atoms with E-state index in [1.807, 2.05) is 6.92 Å². The maximum absolute atomic E-state index is 6.26. The fourth-order valence-electron chi connectivity index (χ4n) is 3.04. The molecular weight excluding hydrogens is 268 g/mol. The molecule has 0 amide bonds. The first-order valence-corrected chi connectivity index (χ1v) is 8.07. The van der Waals surface area contributed by atoms with Crippen molar-refractivity contribution in [3.63, 3.8) is 0 Å². The van der Waals surface area contributed by atoms with Crippen LogP contribution in [0.25, 0.3) is 0 Å². The molecule has 2 N–H and O–H groups in total. The van der Waals surface area contributed by atoms with Crippen molar-refractivity contribution in [2.45, 2.75) is 46.1 Å². The van der Waals surface area contributed by atoms with Gasteiger partial charge in [-0.2, -0.15) is 0 Å². The molecule has 1 aromatic rings. The summed E-state index contributed by atoms with van der Waals surface area (Å²) in [5, 5.41) is 0.844. The number of nitrogens with two attached hydrogens (primary N) is 1. The molecule has 0 spiro atoms. The molecule has 1 fully saturated rings. The first-order valence-electron chi connectivity index (χ1n) is 7.69. The third kappa shape index (κ3) is 3.36.